The van der Waals surface area contributed by atoms with E-state index in [9.17, 15) is 13.2 Å². The fourth-order valence-corrected chi connectivity index (χ4v) is 2.94. The summed E-state index contributed by atoms with van der Waals surface area (Å²) in [6, 6.07) is 1.88. The second-order valence-electron chi connectivity index (χ2n) is 6.33. The maximum Gasteiger partial charge on any atom is 0.203 e. The van der Waals surface area contributed by atoms with E-state index in [4.69, 9.17) is 10.1 Å². The number of allylic oxidation sites excluding steroid dienone is 1. The Bertz CT molecular complexity index is 884. The molecule has 0 aliphatic heterocycles. The van der Waals surface area contributed by atoms with Crippen molar-refractivity contribution in [2.75, 3.05) is 0 Å². The van der Waals surface area contributed by atoms with E-state index in [0.29, 0.717) is 24.5 Å². The van der Waals surface area contributed by atoms with Crippen molar-refractivity contribution in [3.8, 4) is 5.75 Å². The molecule has 1 aromatic heterocycles. The lowest BCUT2D eigenvalue weighted by Crippen LogP contribution is -2.30. The highest BCUT2D eigenvalue weighted by Crippen LogP contribution is 2.33. The van der Waals surface area contributed by atoms with Crippen molar-refractivity contribution >= 4 is 11.8 Å². The van der Waals surface area contributed by atoms with Crippen LogP contribution in [0.25, 0.3) is 6.08 Å². The van der Waals surface area contributed by atoms with E-state index in [1.807, 2.05) is 17.6 Å². The van der Waals surface area contributed by atoms with E-state index in [1.165, 1.54) is 0 Å². The summed E-state index contributed by atoms with van der Waals surface area (Å²) in [5.74, 6) is -4.05. The molecule has 0 spiro atoms. The number of halogens is 3. The first-order chi connectivity index (χ1) is 11.7. The molecule has 2 aromatic rings. The van der Waals surface area contributed by atoms with E-state index < -0.39 is 23.1 Å². The molecule has 0 atom stereocenters. The summed E-state index contributed by atoms with van der Waals surface area (Å²) in [6.45, 7) is 5.90. The normalized spacial score (nSPS) is 13.9. The van der Waals surface area contributed by atoms with Gasteiger partial charge in [-0.3, -0.25) is 0 Å². The fourth-order valence-electron chi connectivity index (χ4n) is 2.94. The summed E-state index contributed by atoms with van der Waals surface area (Å²) in [5, 5.41) is 7.77. The van der Waals surface area contributed by atoms with Crippen LogP contribution in [-0.2, 0) is 18.6 Å². The van der Waals surface area contributed by atoms with Gasteiger partial charge in [-0.25, -0.2) is 13.8 Å². The smallest absolute Gasteiger partial charge is 0.203 e. The van der Waals surface area contributed by atoms with Gasteiger partial charge >= 0.3 is 0 Å². The Morgan fingerprint density at radius 1 is 1.20 bits per heavy atom. The molecule has 1 aromatic carbocycles. The first-order valence-corrected chi connectivity index (χ1v) is 7.92. The standard InChI is InChI=1S/C18H18F3N3O/c1-4-24-13-7-5-10(22)9-12(13)23-17(24)18(2,3)25-14-8-6-11(19)15(20)16(14)21/h5-8,22H,4,9H2,1-3H3. The van der Waals surface area contributed by atoms with Gasteiger partial charge in [0.15, 0.2) is 28.8 Å². The maximum absolute atomic E-state index is 14.0. The van der Waals surface area contributed by atoms with Crippen LogP contribution in [0.5, 0.6) is 5.75 Å². The van der Waals surface area contributed by atoms with Crippen molar-refractivity contribution in [1.29, 1.82) is 5.41 Å². The van der Waals surface area contributed by atoms with Crippen molar-refractivity contribution in [2.45, 2.75) is 39.3 Å². The molecule has 1 heterocycles. The Kier molecular flexibility index (Phi) is 4.18. The van der Waals surface area contributed by atoms with Crippen LogP contribution in [0.2, 0.25) is 0 Å². The van der Waals surface area contributed by atoms with Crippen LogP contribution < -0.4 is 4.74 Å². The van der Waals surface area contributed by atoms with Gasteiger partial charge in [0, 0.05) is 18.7 Å². The predicted molar refractivity (Wildman–Crippen MR) is 88.3 cm³/mol. The molecule has 132 valence electrons. The minimum atomic E-state index is -1.57. The van der Waals surface area contributed by atoms with Gasteiger partial charge in [0.2, 0.25) is 5.82 Å². The fraction of sp³-hybridized carbons (Fsp3) is 0.333. The number of ether oxygens (including phenoxy) is 1. The zero-order valence-corrected chi connectivity index (χ0v) is 14.2. The van der Waals surface area contributed by atoms with Gasteiger partial charge in [-0.15, -0.1) is 0 Å². The van der Waals surface area contributed by atoms with Crippen molar-refractivity contribution in [1.82, 2.24) is 9.55 Å². The molecule has 0 saturated carbocycles. The summed E-state index contributed by atoms with van der Waals surface area (Å²) in [4.78, 5) is 4.57. The van der Waals surface area contributed by atoms with Gasteiger partial charge in [0.1, 0.15) is 0 Å². The van der Waals surface area contributed by atoms with Crippen LogP contribution in [0.4, 0.5) is 13.2 Å². The van der Waals surface area contributed by atoms with Crippen molar-refractivity contribution in [2.24, 2.45) is 0 Å². The topological polar surface area (TPSA) is 50.9 Å². The number of aromatic nitrogens is 2. The molecule has 4 nitrogen and oxygen atoms in total. The number of nitrogens with one attached hydrogen (secondary N) is 1. The van der Waals surface area contributed by atoms with Crippen LogP contribution in [0, 0.1) is 22.9 Å². The van der Waals surface area contributed by atoms with Crippen LogP contribution >= 0.6 is 0 Å². The number of rotatable bonds is 4. The minimum absolute atomic E-state index is 0.379. The second kappa shape index (κ2) is 6.06. The molecule has 3 rings (SSSR count). The summed E-state index contributed by atoms with van der Waals surface area (Å²) in [6.07, 6.45) is 3.93. The molecule has 0 unspecified atom stereocenters. The third-order valence-electron chi connectivity index (χ3n) is 4.10. The Hall–Kier alpha value is -2.57. The Morgan fingerprint density at radius 2 is 1.92 bits per heavy atom. The summed E-state index contributed by atoms with van der Waals surface area (Å²) >= 11 is 0. The molecule has 1 aliphatic rings. The van der Waals surface area contributed by atoms with Crippen LogP contribution in [0.15, 0.2) is 18.2 Å². The van der Waals surface area contributed by atoms with E-state index >= 15 is 0 Å². The van der Waals surface area contributed by atoms with Gasteiger partial charge in [-0.2, -0.15) is 4.39 Å². The van der Waals surface area contributed by atoms with Crippen LogP contribution in [-0.4, -0.2) is 15.3 Å². The summed E-state index contributed by atoms with van der Waals surface area (Å²) in [5.41, 5.74) is 0.974. The van der Waals surface area contributed by atoms with Crippen molar-refractivity contribution in [3.05, 3.63) is 52.9 Å². The zero-order chi connectivity index (χ0) is 18.4. The lowest BCUT2D eigenvalue weighted by atomic mass is 10.1. The number of hydrogen-bond acceptors (Lipinski definition) is 3. The highest BCUT2D eigenvalue weighted by atomic mass is 19.2. The van der Waals surface area contributed by atoms with Gasteiger partial charge in [-0.05, 0) is 45.1 Å². The highest BCUT2D eigenvalue weighted by molar-refractivity contribution is 5.99. The highest BCUT2D eigenvalue weighted by Gasteiger charge is 2.33. The van der Waals surface area contributed by atoms with Crippen molar-refractivity contribution < 1.29 is 17.9 Å². The van der Waals surface area contributed by atoms with Crippen LogP contribution in [0.3, 0.4) is 0 Å². The molecule has 0 radical (unpaired) electrons. The number of hydrogen-bond donors (Lipinski definition) is 1. The number of nitrogens with zero attached hydrogens (tertiary/aromatic N) is 2. The molecule has 25 heavy (non-hydrogen) atoms. The molecule has 0 bridgehead atoms. The third-order valence-corrected chi connectivity index (χ3v) is 4.10. The number of imidazole rings is 1. The van der Waals surface area contributed by atoms with E-state index in [0.717, 1.165) is 23.5 Å². The SMILES string of the molecule is CCn1c(C(C)(C)Oc2ccc(F)c(F)c2F)nc2c1C=CC(=N)C2. The third kappa shape index (κ3) is 2.94. The monoisotopic (exact) mass is 349 g/mol. The predicted octanol–water partition coefficient (Wildman–Crippen LogP) is 4.22. The summed E-state index contributed by atoms with van der Waals surface area (Å²) in [7, 11) is 0. The second-order valence-corrected chi connectivity index (χ2v) is 6.33. The number of benzene rings is 1. The Morgan fingerprint density at radius 3 is 2.60 bits per heavy atom. The minimum Gasteiger partial charge on any atom is -0.477 e. The lowest BCUT2D eigenvalue weighted by molar-refractivity contribution is 0.0872. The molecule has 1 N–H and O–H groups in total. The largest absolute Gasteiger partial charge is 0.477 e. The maximum atomic E-state index is 14.0. The quantitative estimate of drug-likeness (QED) is 0.840. The first-order valence-electron chi connectivity index (χ1n) is 7.92. The van der Waals surface area contributed by atoms with Gasteiger partial charge < -0.3 is 14.7 Å². The zero-order valence-electron chi connectivity index (χ0n) is 14.2. The molecule has 0 amide bonds. The lowest BCUT2D eigenvalue weighted by Gasteiger charge is -2.27. The molecular weight excluding hydrogens is 331 g/mol. The van der Waals surface area contributed by atoms with E-state index in [2.05, 4.69) is 4.98 Å². The Balaban J connectivity index is 2.02. The molecule has 0 fully saturated rings. The summed E-state index contributed by atoms with van der Waals surface area (Å²) < 4.78 is 48.1. The molecule has 7 heteroatoms. The Labute approximate surface area is 143 Å². The van der Waals surface area contributed by atoms with Crippen molar-refractivity contribution in [3.63, 3.8) is 0 Å². The molecular formula is C18H18F3N3O. The van der Waals surface area contributed by atoms with Gasteiger partial charge in [0.05, 0.1) is 11.4 Å². The van der Waals surface area contributed by atoms with E-state index in [1.54, 1.807) is 19.9 Å². The average molecular weight is 349 g/mol. The first kappa shape index (κ1) is 17.3. The van der Waals surface area contributed by atoms with E-state index in [-0.39, 0.29) is 5.75 Å². The molecule has 1 aliphatic carbocycles. The molecule has 0 saturated heterocycles. The van der Waals surface area contributed by atoms with Gasteiger partial charge in [0.25, 0.3) is 0 Å². The van der Waals surface area contributed by atoms with Gasteiger partial charge in [-0.1, -0.05) is 0 Å². The van der Waals surface area contributed by atoms with Crippen LogP contribution in [0.1, 0.15) is 38.0 Å². The average Bonchev–Trinajstić information content (AvgIpc) is 2.94. The number of fused-ring (bicyclic) bond motifs is 1.